The lowest BCUT2D eigenvalue weighted by atomic mass is 10.0. The van der Waals surface area contributed by atoms with Gasteiger partial charge in [-0.3, -0.25) is 24.8 Å². The number of hydrogen-bond donors (Lipinski definition) is 4. The Labute approximate surface area is 457 Å². The lowest BCUT2D eigenvalue weighted by Gasteiger charge is -2.26. The molecule has 7 aromatic carbocycles. The zero-order valence-electron chi connectivity index (χ0n) is 42.3. The summed E-state index contributed by atoms with van der Waals surface area (Å²) in [7, 11) is 3.44. The number of rotatable bonds is 16. The summed E-state index contributed by atoms with van der Waals surface area (Å²) in [6.07, 6.45) is 1.55. The number of para-hydroxylation sites is 1. The number of nitrogens with one attached hydrogen (secondary N) is 3. The summed E-state index contributed by atoms with van der Waals surface area (Å²) in [4.78, 5) is 56.1. The second-order valence-electron chi connectivity index (χ2n) is 17.0. The van der Waals surface area contributed by atoms with Crippen molar-refractivity contribution >= 4 is 110 Å². The number of nitro benzene ring substituents is 1. The number of halogens is 4. The lowest BCUT2D eigenvalue weighted by molar-refractivity contribution is -0.385. The highest BCUT2D eigenvalue weighted by Crippen LogP contribution is 2.38. The minimum atomic E-state index is -0.573. The Hall–Kier alpha value is -7.49. The molecule has 14 nitrogen and oxygen atoms in total. The number of nitro groups is 1. The molecule has 390 valence electrons. The van der Waals surface area contributed by atoms with Gasteiger partial charge in [-0.25, -0.2) is 14.4 Å². The van der Waals surface area contributed by atoms with Crippen LogP contribution in [0.15, 0.2) is 140 Å². The Morgan fingerprint density at radius 1 is 0.587 bits per heavy atom. The van der Waals surface area contributed by atoms with Crippen LogP contribution in [0, 0.1) is 10.1 Å². The molecule has 0 fully saturated rings. The zero-order chi connectivity index (χ0) is 54.3. The maximum absolute atomic E-state index is 13.9. The van der Waals surface area contributed by atoms with E-state index >= 15 is 0 Å². The Morgan fingerprint density at radius 2 is 1.01 bits per heavy atom. The van der Waals surface area contributed by atoms with Crippen LogP contribution < -0.4 is 41.1 Å². The van der Waals surface area contributed by atoms with Crippen LogP contribution in [0.5, 0.6) is 5.75 Å². The number of urea groups is 2. The van der Waals surface area contributed by atoms with Gasteiger partial charge < -0.3 is 26.4 Å². The van der Waals surface area contributed by atoms with E-state index in [4.69, 9.17) is 56.9 Å². The van der Waals surface area contributed by atoms with Gasteiger partial charge in [-0.2, -0.15) is 0 Å². The van der Waals surface area contributed by atoms with Crippen LogP contribution in [-0.2, 0) is 38.8 Å². The largest absolute Gasteiger partial charge is 0.419 e. The molecule has 18 heteroatoms. The Bertz CT molecular complexity index is 3080. The minimum Gasteiger partial charge on any atom is -0.410 e. The van der Waals surface area contributed by atoms with Gasteiger partial charge in [0.05, 0.1) is 40.0 Å². The maximum atomic E-state index is 13.9. The van der Waals surface area contributed by atoms with Gasteiger partial charge in [-0.05, 0) is 144 Å². The number of carbonyl (C=O) groups is 3. The number of nitrogen functional groups attached to an aromatic ring is 1. The van der Waals surface area contributed by atoms with Gasteiger partial charge in [0.15, 0.2) is 0 Å². The van der Waals surface area contributed by atoms with Gasteiger partial charge in [0, 0.05) is 63.7 Å². The van der Waals surface area contributed by atoms with E-state index in [1.807, 2.05) is 94.5 Å². The molecule has 0 unspecified atom stereocenters. The van der Waals surface area contributed by atoms with Crippen molar-refractivity contribution in [1.82, 2.24) is 0 Å². The summed E-state index contributed by atoms with van der Waals surface area (Å²) < 4.78 is 5.42. The third-order valence-corrected chi connectivity index (χ3v) is 13.5. The molecule has 7 rings (SSSR count). The first kappa shape index (κ1) is 56.8. The van der Waals surface area contributed by atoms with Crippen molar-refractivity contribution in [2.45, 2.75) is 66.5 Å². The summed E-state index contributed by atoms with van der Waals surface area (Å²) in [5, 5.41) is 22.9. The molecule has 5 N–H and O–H groups in total. The van der Waals surface area contributed by atoms with Crippen molar-refractivity contribution in [3.63, 3.8) is 0 Å². The number of ether oxygens (including phenoxy) is 1. The molecular formula is C57H58Cl4N8O6. The predicted molar refractivity (Wildman–Crippen MR) is 308 cm³/mol. The third kappa shape index (κ3) is 14.4. The molecule has 0 radical (unpaired) electrons. The monoisotopic (exact) mass is 1090 g/mol. The first-order chi connectivity index (χ1) is 36.0. The molecule has 0 aliphatic carbocycles. The van der Waals surface area contributed by atoms with Crippen LogP contribution in [-0.4, -0.2) is 37.2 Å². The molecule has 0 aromatic heterocycles. The van der Waals surface area contributed by atoms with Gasteiger partial charge in [0.25, 0.3) is 5.69 Å². The van der Waals surface area contributed by atoms with Crippen molar-refractivity contribution in [3.8, 4) is 5.75 Å². The van der Waals surface area contributed by atoms with Crippen LogP contribution in [0.25, 0.3) is 0 Å². The molecule has 0 saturated heterocycles. The van der Waals surface area contributed by atoms with Crippen LogP contribution in [0.4, 0.5) is 59.9 Å². The normalized spacial score (nSPS) is 10.6. The van der Waals surface area contributed by atoms with E-state index in [-0.39, 0.29) is 23.3 Å². The third-order valence-electron chi connectivity index (χ3n) is 12.3. The quantitative estimate of drug-likeness (QED) is 0.0420. The van der Waals surface area contributed by atoms with Crippen LogP contribution in [0.2, 0.25) is 20.1 Å². The van der Waals surface area contributed by atoms with Gasteiger partial charge >= 0.3 is 18.2 Å². The molecule has 0 heterocycles. The lowest BCUT2D eigenvalue weighted by Crippen LogP contribution is -2.35. The summed E-state index contributed by atoms with van der Waals surface area (Å²) in [5.74, 6) is 0.418. The van der Waals surface area contributed by atoms with Crippen molar-refractivity contribution in [2.75, 3.05) is 50.5 Å². The van der Waals surface area contributed by atoms with Gasteiger partial charge in [0.1, 0.15) is 5.75 Å². The number of anilines is 7. The standard InChI is InChI=1S/C32H30Cl2N4O5.C25H28Cl2N4O/c1-4-26-28(34)19-29(38(41)42)27(5-2)30(26)35-31(39)37(20-21-11-13-22(33)14-12-21)24-17-15-23(16-18-24)36(3)32(40)43-25-9-7-6-8-10-25;1-4-20-22(27)14-23(28)21(5-2)24(20)30-25(32)31(15-16-6-8-17(26)9-7-16)19-12-10-18(29-3)11-13-19/h6-19H,4-5,20H2,1-3H3,(H,35,39);6-14,29H,4-5,15,28H2,1-3H3,(H,30,32). The van der Waals surface area contributed by atoms with Crippen molar-refractivity contribution < 1.29 is 24.0 Å². The highest BCUT2D eigenvalue weighted by atomic mass is 35.5. The van der Waals surface area contributed by atoms with Crippen molar-refractivity contribution in [1.29, 1.82) is 0 Å². The Balaban J connectivity index is 0.000000255. The van der Waals surface area contributed by atoms with E-state index in [2.05, 4.69) is 16.0 Å². The molecule has 0 bridgehead atoms. The molecule has 0 atom stereocenters. The van der Waals surface area contributed by atoms with Gasteiger partial charge in [-0.15, -0.1) is 0 Å². The number of hydrogen-bond acceptors (Lipinski definition) is 8. The Kier molecular flexibility index (Phi) is 20.2. The molecular weight excluding hydrogens is 1030 g/mol. The van der Waals surface area contributed by atoms with E-state index in [1.54, 1.807) is 85.6 Å². The van der Waals surface area contributed by atoms with Gasteiger partial charge in [0.2, 0.25) is 0 Å². The highest BCUT2D eigenvalue weighted by Gasteiger charge is 2.27. The van der Waals surface area contributed by atoms with Crippen molar-refractivity contribution in [3.05, 3.63) is 203 Å². The Morgan fingerprint density at radius 3 is 1.45 bits per heavy atom. The highest BCUT2D eigenvalue weighted by molar-refractivity contribution is 6.33. The number of carbonyl (C=O) groups excluding carboxylic acids is 3. The van der Waals surface area contributed by atoms with E-state index in [0.717, 1.165) is 33.6 Å². The molecule has 0 saturated carbocycles. The summed E-state index contributed by atoms with van der Waals surface area (Å²) in [6, 6.07) is 40.1. The number of benzene rings is 7. The molecule has 7 aromatic rings. The smallest absolute Gasteiger partial charge is 0.410 e. The maximum Gasteiger partial charge on any atom is 0.419 e. The summed E-state index contributed by atoms with van der Waals surface area (Å²) in [6.45, 7) is 8.21. The number of nitrogens with two attached hydrogens (primary N) is 1. The average molecular weight is 1090 g/mol. The predicted octanol–water partition coefficient (Wildman–Crippen LogP) is 15.9. The number of amides is 5. The van der Waals surface area contributed by atoms with Gasteiger partial charge in [-0.1, -0.05) is 117 Å². The zero-order valence-corrected chi connectivity index (χ0v) is 45.4. The molecule has 0 spiro atoms. The number of nitrogens with zero attached hydrogens (tertiary/aromatic N) is 4. The minimum absolute atomic E-state index is 0.154. The fourth-order valence-corrected chi connectivity index (χ4v) is 9.19. The van der Waals surface area contributed by atoms with E-state index in [1.165, 1.54) is 15.9 Å². The topological polar surface area (TPSA) is 175 Å². The second kappa shape index (κ2) is 26.6. The van der Waals surface area contributed by atoms with E-state index < -0.39 is 17.0 Å². The van der Waals surface area contributed by atoms with E-state index in [0.29, 0.717) is 92.6 Å². The first-order valence-corrected chi connectivity index (χ1v) is 25.6. The SMILES string of the molecule is CCc1c(Cl)cc([N+](=O)[O-])c(CC)c1NC(=O)N(Cc1ccc(Cl)cc1)c1ccc(N(C)C(=O)Oc2ccccc2)cc1.CCc1c(N)cc(Cl)c(CC)c1NC(=O)N(Cc1ccc(Cl)cc1)c1ccc(NC)cc1. The molecule has 0 aliphatic rings. The summed E-state index contributed by atoms with van der Waals surface area (Å²) >= 11 is 25.0. The second-order valence-corrected chi connectivity index (χ2v) is 18.7. The average Bonchev–Trinajstić information content (AvgIpc) is 3.40. The molecule has 75 heavy (non-hydrogen) atoms. The van der Waals surface area contributed by atoms with Crippen LogP contribution in [0.3, 0.4) is 0 Å². The molecule has 0 aliphatic heterocycles. The summed E-state index contributed by atoms with van der Waals surface area (Å²) in [5.41, 5.74) is 15.0. The van der Waals surface area contributed by atoms with E-state index in [9.17, 15) is 24.5 Å². The molecule has 5 amide bonds. The fraction of sp³-hybridized carbons (Fsp3) is 0.211. The fourth-order valence-electron chi connectivity index (χ4n) is 8.26. The first-order valence-electron chi connectivity index (χ1n) is 24.1. The van der Waals surface area contributed by atoms with Crippen molar-refractivity contribution in [2.24, 2.45) is 0 Å². The van der Waals surface area contributed by atoms with Crippen LogP contribution >= 0.6 is 46.4 Å². The van der Waals surface area contributed by atoms with Crippen LogP contribution in [0.1, 0.15) is 61.1 Å².